The highest BCUT2D eigenvalue weighted by Gasteiger charge is 2.28. The molecule has 4 aromatic heterocycles. The van der Waals surface area contributed by atoms with Gasteiger partial charge in [-0.15, -0.1) is 0 Å². The first kappa shape index (κ1) is 24.6. The fourth-order valence-electron chi connectivity index (χ4n) is 5.18. The number of fused-ring (bicyclic) bond motifs is 1. The van der Waals surface area contributed by atoms with E-state index in [-0.39, 0.29) is 5.82 Å². The van der Waals surface area contributed by atoms with Crippen LogP contribution in [-0.2, 0) is 10.3 Å². The monoisotopic (exact) mass is 541 g/mol. The molecular formula is C28H28FN9O2. The van der Waals surface area contributed by atoms with Crippen molar-refractivity contribution in [3.63, 3.8) is 0 Å². The van der Waals surface area contributed by atoms with Crippen LogP contribution in [0.25, 0.3) is 16.6 Å². The second-order valence-corrected chi connectivity index (χ2v) is 10.4. The molecule has 2 aliphatic heterocycles. The third-order valence-electron chi connectivity index (χ3n) is 7.78. The Morgan fingerprint density at radius 3 is 2.30 bits per heavy atom. The Labute approximate surface area is 229 Å². The Hall–Kier alpha value is -4.42. The summed E-state index contributed by atoms with van der Waals surface area (Å²) < 4.78 is 22.4. The van der Waals surface area contributed by atoms with Crippen molar-refractivity contribution in [1.29, 1.82) is 0 Å². The number of aromatic nitrogens is 7. The molecule has 40 heavy (non-hydrogen) atoms. The normalized spacial score (nSPS) is 17.7. The second kappa shape index (κ2) is 9.65. The van der Waals surface area contributed by atoms with E-state index in [1.165, 1.54) is 12.1 Å². The lowest BCUT2D eigenvalue weighted by molar-refractivity contribution is -0.0286. The summed E-state index contributed by atoms with van der Waals surface area (Å²) in [5.74, 6) is 1.13. The number of hydrogen-bond acceptors (Lipinski definition) is 9. The maximum absolute atomic E-state index is 13.3. The Balaban J connectivity index is 1.05. The minimum Gasteiger partial charge on any atom is -0.381 e. The van der Waals surface area contributed by atoms with Gasteiger partial charge in [-0.3, -0.25) is 4.68 Å². The molecule has 1 N–H and O–H groups in total. The maximum Gasteiger partial charge on any atom is 0.225 e. The maximum atomic E-state index is 13.3. The second-order valence-electron chi connectivity index (χ2n) is 10.4. The zero-order valence-electron chi connectivity index (χ0n) is 21.9. The number of nitrogens with zero attached hydrogens (tertiary/aromatic N) is 9. The van der Waals surface area contributed by atoms with Gasteiger partial charge in [0.1, 0.15) is 23.3 Å². The molecule has 204 valence electrons. The van der Waals surface area contributed by atoms with Gasteiger partial charge in [0.15, 0.2) is 5.82 Å². The topological polar surface area (TPSA) is 110 Å². The molecule has 2 saturated heterocycles. The standard InChI is InChI=1S/C28H28FN9O2/c1-28(39,21-2-4-23(29)5-3-21)22-12-30-27(31-13-22)36-8-6-35(7-9-36)26-25-10-19(14-38(25)34-18-32-26)20-11-33-37(15-20)24-16-40-17-24/h2-5,10-15,18,24,39H,6-9,16-17H2,1H3/t28-/m0/s1. The number of halogens is 1. The summed E-state index contributed by atoms with van der Waals surface area (Å²) in [4.78, 5) is 18.1. The van der Waals surface area contributed by atoms with E-state index >= 15 is 0 Å². The van der Waals surface area contributed by atoms with Crippen LogP contribution < -0.4 is 9.80 Å². The summed E-state index contributed by atoms with van der Waals surface area (Å²) in [6, 6.07) is 8.21. The summed E-state index contributed by atoms with van der Waals surface area (Å²) in [5, 5.41) is 20.0. The molecule has 0 bridgehead atoms. The number of hydrogen-bond donors (Lipinski definition) is 1. The Morgan fingerprint density at radius 2 is 1.60 bits per heavy atom. The fraction of sp³-hybridized carbons (Fsp3) is 0.321. The molecule has 0 radical (unpaired) electrons. The lowest BCUT2D eigenvalue weighted by Gasteiger charge is -2.35. The number of aliphatic hydroxyl groups is 1. The Bertz CT molecular complexity index is 1640. The molecule has 12 heteroatoms. The Kier molecular flexibility index (Phi) is 5.93. The van der Waals surface area contributed by atoms with Crippen LogP contribution in [-0.4, -0.2) is 78.8 Å². The van der Waals surface area contributed by atoms with Crippen LogP contribution in [0.15, 0.2) is 67.6 Å². The van der Waals surface area contributed by atoms with Gasteiger partial charge >= 0.3 is 0 Å². The molecule has 7 rings (SSSR count). The van der Waals surface area contributed by atoms with Crippen LogP contribution >= 0.6 is 0 Å². The SMILES string of the molecule is C[C@](O)(c1ccc(F)cc1)c1cnc(N2CCN(c3ncnn4cc(-c5cnn(C6COC6)c5)cc34)CC2)nc1. The van der Waals surface area contributed by atoms with Gasteiger partial charge in [0, 0.05) is 67.7 Å². The lowest BCUT2D eigenvalue weighted by atomic mass is 9.90. The number of rotatable bonds is 6. The first-order valence-corrected chi connectivity index (χ1v) is 13.2. The zero-order valence-corrected chi connectivity index (χ0v) is 21.9. The number of piperazine rings is 1. The summed E-state index contributed by atoms with van der Waals surface area (Å²) in [6.07, 6.45) is 10.8. The van der Waals surface area contributed by atoms with Crippen LogP contribution in [0.4, 0.5) is 16.2 Å². The summed E-state index contributed by atoms with van der Waals surface area (Å²) in [7, 11) is 0. The van der Waals surface area contributed by atoms with Crippen LogP contribution in [0.3, 0.4) is 0 Å². The van der Waals surface area contributed by atoms with Gasteiger partial charge in [0.2, 0.25) is 5.95 Å². The van der Waals surface area contributed by atoms with Crippen molar-refractivity contribution in [2.45, 2.75) is 18.6 Å². The third kappa shape index (κ3) is 4.34. The number of ether oxygens (including phenoxy) is 1. The van der Waals surface area contributed by atoms with Gasteiger partial charge in [0.25, 0.3) is 0 Å². The van der Waals surface area contributed by atoms with Crippen molar-refractivity contribution in [2.24, 2.45) is 0 Å². The van der Waals surface area contributed by atoms with Crippen molar-refractivity contribution in [3.8, 4) is 11.1 Å². The molecule has 1 atom stereocenters. The van der Waals surface area contributed by atoms with Crippen molar-refractivity contribution in [3.05, 3.63) is 84.6 Å². The van der Waals surface area contributed by atoms with Crippen molar-refractivity contribution in [1.82, 2.24) is 34.3 Å². The van der Waals surface area contributed by atoms with Crippen molar-refractivity contribution < 1.29 is 14.2 Å². The molecule has 6 heterocycles. The summed E-state index contributed by atoms with van der Waals surface area (Å²) in [5.41, 5.74) is 2.80. The van der Waals surface area contributed by atoms with Crippen molar-refractivity contribution in [2.75, 3.05) is 49.2 Å². The molecule has 0 aliphatic carbocycles. The molecule has 0 unspecified atom stereocenters. The lowest BCUT2D eigenvalue weighted by Crippen LogP contribution is -2.47. The first-order valence-electron chi connectivity index (χ1n) is 13.2. The highest BCUT2D eigenvalue weighted by molar-refractivity contribution is 5.77. The zero-order chi connectivity index (χ0) is 27.3. The minimum atomic E-state index is -1.33. The summed E-state index contributed by atoms with van der Waals surface area (Å²) >= 11 is 0. The van der Waals surface area contributed by atoms with Gasteiger partial charge in [-0.1, -0.05) is 12.1 Å². The highest BCUT2D eigenvalue weighted by atomic mass is 19.1. The predicted octanol–water partition coefficient (Wildman–Crippen LogP) is 2.68. The van der Waals surface area contributed by atoms with E-state index in [1.807, 2.05) is 21.6 Å². The van der Waals surface area contributed by atoms with E-state index in [4.69, 9.17) is 4.74 Å². The van der Waals surface area contributed by atoms with E-state index in [1.54, 1.807) is 37.8 Å². The van der Waals surface area contributed by atoms with E-state index < -0.39 is 5.60 Å². The fourth-order valence-corrected chi connectivity index (χ4v) is 5.18. The van der Waals surface area contributed by atoms with Gasteiger partial charge < -0.3 is 19.6 Å². The third-order valence-corrected chi connectivity index (χ3v) is 7.78. The molecular weight excluding hydrogens is 513 g/mol. The van der Waals surface area contributed by atoms with Crippen LogP contribution in [0.5, 0.6) is 0 Å². The molecule has 0 spiro atoms. The molecule has 1 aromatic carbocycles. The largest absolute Gasteiger partial charge is 0.381 e. The van der Waals surface area contributed by atoms with Gasteiger partial charge in [-0.05, 0) is 30.7 Å². The molecule has 2 aliphatic rings. The average Bonchev–Trinajstić information content (AvgIpc) is 3.60. The van der Waals surface area contributed by atoms with Gasteiger partial charge in [0.05, 0.1) is 25.5 Å². The number of anilines is 2. The Morgan fingerprint density at radius 1 is 0.875 bits per heavy atom. The van der Waals surface area contributed by atoms with E-state index in [9.17, 15) is 9.50 Å². The molecule has 5 aromatic rings. The van der Waals surface area contributed by atoms with E-state index in [0.29, 0.717) is 49.4 Å². The summed E-state index contributed by atoms with van der Waals surface area (Å²) in [6.45, 7) is 5.97. The highest BCUT2D eigenvalue weighted by Crippen LogP contribution is 2.30. The van der Waals surface area contributed by atoms with Crippen LogP contribution in [0.2, 0.25) is 0 Å². The van der Waals surface area contributed by atoms with Crippen molar-refractivity contribution >= 4 is 17.3 Å². The molecule has 11 nitrogen and oxygen atoms in total. The van der Waals surface area contributed by atoms with Gasteiger partial charge in [-0.25, -0.2) is 23.9 Å². The minimum absolute atomic E-state index is 0.306. The quantitative estimate of drug-likeness (QED) is 0.347. The van der Waals surface area contributed by atoms with Crippen LogP contribution in [0.1, 0.15) is 24.1 Å². The van der Waals surface area contributed by atoms with E-state index in [0.717, 1.165) is 35.6 Å². The predicted molar refractivity (Wildman–Crippen MR) is 146 cm³/mol. The van der Waals surface area contributed by atoms with Crippen LogP contribution in [0, 0.1) is 5.82 Å². The molecule has 0 amide bonds. The van der Waals surface area contributed by atoms with Gasteiger partial charge in [-0.2, -0.15) is 10.2 Å². The number of benzene rings is 1. The average molecular weight is 542 g/mol. The molecule has 2 fully saturated rings. The smallest absolute Gasteiger partial charge is 0.225 e. The van der Waals surface area contributed by atoms with E-state index in [2.05, 4.69) is 47.2 Å². The first-order chi connectivity index (χ1) is 19.5. The molecule has 0 saturated carbocycles.